The van der Waals surface area contributed by atoms with Crippen molar-refractivity contribution in [1.29, 1.82) is 0 Å². The molecule has 1 aliphatic heterocycles. The van der Waals surface area contributed by atoms with Crippen molar-refractivity contribution in [2.24, 2.45) is 0 Å². The molecule has 1 fully saturated rings. The summed E-state index contributed by atoms with van der Waals surface area (Å²) in [5, 5.41) is 11.3. The number of hydrogen-bond donors (Lipinski definition) is 1. The van der Waals surface area contributed by atoms with E-state index >= 15 is 0 Å². The number of ether oxygens (including phenoxy) is 2. The molecule has 27 heavy (non-hydrogen) atoms. The SMILES string of the molecule is CCOC(=O)CN1CCN(CC(O)COc2cccc3ncccc23)CC1. The summed E-state index contributed by atoms with van der Waals surface area (Å²) in [5.74, 6) is 0.558. The molecule has 1 aromatic heterocycles. The fourth-order valence-corrected chi connectivity index (χ4v) is 3.26. The van der Waals surface area contributed by atoms with Gasteiger partial charge in [0.15, 0.2) is 0 Å². The maximum atomic E-state index is 11.5. The van der Waals surface area contributed by atoms with Gasteiger partial charge in [0.25, 0.3) is 0 Å². The van der Waals surface area contributed by atoms with Crippen LogP contribution < -0.4 is 4.74 Å². The maximum Gasteiger partial charge on any atom is 0.320 e. The Kier molecular flexibility index (Phi) is 6.98. The second kappa shape index (κ2) is 9.64. The smallest absolute Gasteiger partial charge is 0.320 e. The monoisotopic (exact) mass is 373 g/mol. The van der Waals surface area contributed by atoms with Crippen LogP contribution in [0.4, 0.5) is 0 Å². The van der Waals surface area contributed by atoms with Gasteiger partial charge in [-0.1, -0.05) is 6.07 Å². The van der Waals surface area contributed by atoms with E-state index in [0.29, 0.717) is 19.7 Å². The number of rotatable bonds is 8. The molecular weight excluding hydrogens is 346 g/mol. The summed E-state index contributed by atoms with van der Waals surface area (Å²) < 4.78 is 10.8. The zero-order chi connectivity index (χ0) is 19.1. The van der Waals surface area contributed by atoms with Gasteiger partial charge in [-0.3, -0.25) is 19.6 Å². The quantitative estimate of drug-likeness (QED) is 0.696. The van der Waals surface area contributed by atoms with Gasteiger partial charge < -0.3 is 14.6 Å². The lowest BCUT2D eigenvalue weighted by Gasteiger charge is -2.34. The van der Waals surface area contributed by atoms with Gasteiger partial charge in [-0.25, -0.2) is 0 Å². The van der Waals surface area contributed by atoms with Crippen molar-refractivity contribution in [1.82, 2.24) is 14.8 Å². The number of aliphatic hydroxyl groups is 1. The lowest BCUT2D eigenvalue weighted by molar-refractivity contribution is -0.144. The first kappa shape index (κ1) is 19.5. The normalized spacial score (nSPS) is 17.0. The molecular formula is C20H27N3O4. The third-order valence-electron chi connectivity index (χ3n) is 4.63. The molecule has 0 radical (unpaired) electrons. The Morgan fingerprint density at radius 3 is 2.74 bits per heavy atom. The molecule has 1 saturated heterocycles. The summed E-state index contributed by atoms with van der Waals surface area (Å²) in [6.45, 7) is 6.56. The molecule has 0 aliphatic carbocycles. The number of pyridine rings is 1. The lowest BCUT2D eigenvalue weighted by Crippen LogP contribution is -2.50. The number of hydrogen-bond acceptors (Lipinski definition) is 7. The van der Waals surface area contributed by atoms with Crippen LogP contribution in [-0.4, -0.2) is 84.4 Å². The molecule has 7 heteroatoms. The maximum absolute atomic E-state index is 11.5. The van der Waals surface area contributed by atoms with Gasteiger partial charge in [0, 0.05) is 44.3 Å². The molecule has 0 bridgehead atoms. The Morgan fingerprint density at radius 2 is 1.96 bits per heavy atom. The second-order valence-electron chi connectivity index (χ2n) is 6.67. The van der Waals surface area contributed by atoms with Crippen molar-refractivity contribution in [3.63, 3.8) is 0 Å². The van der Waals surface area contributed by atoms with Gasteiger partial charge in [0.2, 0.25) is 0 Å². The fraction of sp³-hybridized carbons (Fsp3) is 0.500. The Labute approximate surface area is 159 Å². The van der Waals surface area contributed by atoms with E-state index in [1.54, 1.807) is 6.20 Å². The van der Waals surface area contributed by atoms with Crippen LogP contribution in [0.15, 0.2) is 36.5 Å². The van der Waals surface area contributed by atoms with Crippen molar-refractivity contribution in [3.8, 4) is 5.75 Å². The average Bonchev–Trinajstić information content (AvgIpc) is 2.68. The highest BCUT2D eigenvalue weighted by Crippen LogP contribution is 2.23. The van der Waals surface area contributed by atoms with Crippen LogP contribution in [-0.2, 0) is 9.53 Å². The fourth-order valence-electron chi connectivity index (χ4n) is 3.26. The van der Waals surface area contributed by atoms with Gasteiger partial charge in [-0.15, -0.1) is 0 Å². The van der Waals surface area contributed by atoms with Crippen LogP contribution in [0.1, 0.15) is 6.92 Å². The molecule has 7 nitrogen and oxygen atoms in total. The van der Waals surface area contributed by atoms with Crippen LogP contribution in [0.5, 0.6) is 5.75 Å². The molecule has 1 aromatic carbocycles. The highest BCUT2D eigenvalue weighted by molar-refractivity contribution is 5.84. The first-order valence-electron chi connectivity index (χ1n) is 9.40. The molecule has 1 N–H and O–H groups in total. The first-order chi connectivity index (χ1) is 13.2. The van der Waals surface area contributed by atoms with E-state index < -0.39 is 6.10 Å². The minimum atomic E-state index is -0.575. The van der Waals surface area contributed by atoms with Gasteiger partial charge in [0.1, 0.15) is 18.5 Å². The zero-order valence-corrected chi connectivity index (χ0v) is 15.7. The summed E-state index contributed by atoms with van der Waals surface area (Å²) >= 11 is 0. The van der Waals surface area contributed by atoms with Crippen LogP contribution in [0.25, 0.3) is 10.9 Å². The number of aromatic nitrogens is 1. The highest BCUT2D eigenvalue weighted by Gasteiger charge is 2.21. The Bertz CT molecular complexity index is 742. The number of carbonyl (C=O) groups excluding carboxylic acids is 1. The summed E-state index contributed by atoms with van der Waals surface area (Å²) in [6, 6.07) is 9.58. The van der Waals surface area contributed by atoms with E-state index in [1.807, 2.05) is 37.3 Å². The van der Waals surface area contributed by atoms with Gasteiger partial charge >= 0.3 is 5.97 Å². The predicted molar refractivity (Wildman–Crippen MR) is 103 cm³/mol. The summed E-state index contributed by atoms with van der Waals surface area (Å²) in [4.78, 5) is 20.1. The number of fused-ring (bicyclic) bond motifs is 1. The molecule has 2 heterocycles. The summed E-state index contributed by atoms with van der Waals surface area (Å²) in [6.07, 6.45) is 1.18. The molecule has 1 unspecified atom stereocenters. The van der Waals surface area contributed by atoms with Crippen molar-refractivity contribution in [2.45, 2.75) is 13.0 Å². The molecule has 3 rings (SSSR count). The van der Waals surface area contributed by atoms with Crippen LogP contribution in [0.3, 0.4) is 0 Å². The Balaban J connectivity index is 1.42. The van der Waals surface area contributed by atoms with Crippen LogP contribution >= 0.6 is 0 Å². The number of esters is 1. The Hall–Kier alpha value is -2.22. The number of β-amino-alcohol motifs (C(OH)–C–C–N with tert-alkyl or cyclic N) is 1. The van der Waals surface area contributed by atoms with E-state index in [4.69, 9.17) is 9.47 Å². The number of piperazine rings is 1. The standard InChI is InChI=1S/C20H27N3O4/c1-2-26-20(25)14-23-11-9-22(10-12-23)13-16(24)15-27-19-7-3-6-18-17(19)5-4-8-21-18/h3-8,16,24H,2,9-15H2,1H3. The van der Waals surface area contributed by atoms with Crippen molar-refractivity contribution in [2.75, 3.05) is 52.5 Å². The van der Waals surface area contributed by atoms with Gasteiger partial charge in [-0.05, 0) is 31.2 Å². The van der Waals surface area contributed by atoms with Crippen LogP contribution in [0.2, 0.25) is 0 Å². The second-order valence-corrected chi connectivity index (χ2v) is 6.67. The number of aliphatic hydroxyl groups excluding tert-OH is 1. The topological polar surface area (TPSA) is 75.1 Å². The lowest BCUT2D eigenvalue weighted by atomic mass is 10.2. The Morgan fingerprint density at radius 1 is 1.19 bits per heavy atom. The molecule has 0 amide bonds. The van der Waals surface area contributed by atoms with Crippen LogP contribution in [0, 0.1) is 0 Å². The van der Waals surface area contributed by atoms with Gasteiger partial charge in [-0.2, -0.15) is 0 Å². The third-order valence-corrected chi connectivity index (χ3v) is 4.63. The molecule has 0 spiro atoms. The first-order valence-corrected chi connectivity index (χ1v) is 9.40. The van der Waals surface area contributed by atoms with E-state index in [9.17, 15) is 9.90 Å². The summed E-state index contributed by atoms with van der Waals surface area (Å²) in [7, 11) is 0. The number of benzene rings is 1. The zero-order valence-electron chi connectivity index (χ0n) is 15.7. The predicted octanol–water partition coefficient (Wildman–Crippen LogP) is 1.16. The van der Waals surface area contributed by atoms with E-state index in [0.717, 1.165) is 42.8 Å². The number of carbonyl (C=O) groups is 1. The third kappa shape index (κ3) is 5.63. The molecule has 1 atom stereocenters. The minimum absolute atomic E-state index is 0.177. The van der Waals surface area contributed by atoms with Crippen molar-refractivity contribution < 1.29 is 19.4 Å². The van der Waals surface area contributed by atoms with Crippen molar-refractivity contribution >= 4 is 16.9 Å². The molecule has 2 aromatic rings. The van der Waals surface area contributed by atoms with E-state index in [-0.39, 0.29) is 12.6 Å². The summed E-state index contributed by atoms with van der Waals surface area (Å²) in [5.41, 5.74) is 0.877. The molecule has 146 valence electrons. The molecule has 0 saturated carbocycles. The van der Waals surface area contributed by atoms with E-state index in [2.05, 4.69) is 14.8 Å². The number of nitrogens with zero attached hydrogens (tertiary/aromatic N) is 3. The minimum Gasteiger partial charge on any atom is -0.490 e. The van der Waals surface area contributed by atoms with Gasteiger partial charge in [0.05, 0.1) is 18.7 Å². The largest absolute Gasteiger partial charge is 0.490 e. The van der Waals surface area contributed by atoms with Crippen molar-refractivity contribution in [3.05, 3.63) is 36.5 Å². The van der Waals surface area contributed by atoms with E-state index in [1.165, 1.54) is 0 Å². The average molecular weight is 373 g/mol. The molecule has 1 aliphatic rings. The highest BCUT2D eigenvalue weighted by atomic mass is 16.5.